The molecule has 1 aromatic rings. The average Bonchev–Trinajstić information content (AvgIpc) is 3.43. The number of hydrogen-bond donors (Lipinski definition) is 1. The first-order chi connectivity index (χ1) is 12.3. The molecule has 1 aliphatic carbocycles. The van der Waals surface area contributed by atoms with Crippen molar-refractivity contribution in [3.8, 4) is 11.5 Å². The van der Waals surface area contributed by atoms with Crippen molar-refractivity contribution < 1.29 is 19.1 Å². The third-order valence-corrected chi connectivity index (χ3v) is 4.57. The molecule has 26 heavy (non-hydrogen) atoms. The van der Waals surface area contributed by atoms with E-state index in [0.29, 0.717) is 23.5 Å². The molecule has 1 aromatic carbocycles. The standard InChI is InChI=1S/C20H28N2O4/c1-13(2)14(3)22(16-7-8-16)20(24)10-6-15-5-9-17(18(11-15)25-4)26-12-19(21)23/h5-6,9-11,13-14,16H,7-8,12H2,1-4H3,(H2,21,23)/b10-6+/t14-/m1/s1. The smallest absolute Gasteiger partial charge is 0.255 e. The molecule has 0 bridgehead atoms. The van der Waals surface area contributed by atoms with Crippen LogP contribution >= 0.6 is 0 Å². The number of amides is 2. The maximum absolute atomic E-state index is 12.7. The fourth-order valence-corrected chi connectivity index (χ4v) is 2.70. The Morgan fingerprint density at radius 2 is 1.96 bits per heavy atom. The molecule has 1 aliphatic rings. The molecule has 0 spiro atoms. The lowest BCUT2D eigenvalue weighted by atomic mass is 10.0. The molecule has 6 nitrogen and oxygen atoms in total. The van der Waals surface area contributed by atoms with Crippen LogP contribution in [-0.4, -0.2) is 42.5 Å². The van der Waals surface area contributed by atoms with Crippen molar-refractivity contribution in [2.24, 2.45) is 11.7 Å². The summed E-state index contributed by atoms with van der Waals surface area (Å²) in [6.07, 6.45) is 5.54. The number of ether oxygens (including phenoxy) is 2. The SMILES string of the molecule is COc1cc(/C=C/C(=O)N(C2CC2)[C@H](C)C(C)C)ccc1OCC(N)=O. The largest absolute Gasteiger partial charge is 0.493 e. The van der Waals surface area contributed by atoms with Gasteiger partial charge < -0.3 is 20.1 Å². The fourth-order valence-electron chi connectivity index (χ4n) is 2.70. The second kappa shape index (κ2) is 8.74. The van der Waals surface area contributed by atoms with Crippen molar-refractivity contribution in [2.75, 3.05) is 13.7 Å². The van der Waals surface area contributed by atoms with Crippen molar-refractivity contribution in [3.05, 3.63) is 29.8 Å². The molecule has 1 atom stereocenters. The van der Waals surface area contributed by atoms with Gasteiger partial charge in [0.05, 0.1) is 7.11 Å². The van der Waals surface area contributed by atoms with Crippen LogP contribution in [0.3, 0.4) is 0 Å². The Morgan fingerprint density at radius 1 is 1.27 bits per heavy atom. The van der Waals surface area contributed by atoms with E-state index in [1.807, 2.05) is 4.90 Å². The molecule has 0 aliphatic heterocycles. The van der Waals surface area contributed by atoms with E-state index in [1.165, 1.54) is 7.11 Å². The van der Waals surface area contributed by atoms with Gasteiger partial charge in [0, 0.05) is 18.2 Å². The van der Waals surface area contributed by atoms with Crippen LogP contribution in [0.4, 0.5) is 0 Å². The second-order valence-electron chi connectivity index (χ2n) is 6.96. The van der Waals surface area contributed by atoms with E-state index in [2.05, 4.69) is 20.8 Å². The summed E-state index contributed by atoms with van der Waals surface area (Å²) < 4.78 is 10.6. The molecule has 0 aromatic heterocycles. The van der Waals surface area contributed by atoms with Gasteiger partial charge in [-0.2, -0.15) is 0 Å². The Balaban J connectivity index is 2.10. The van der Waals surface area contributed by atoms with Gasteiger partial charge in [-0.05, 0) is 49.5 Å². The summed E-state index contributed by atoms with van der Waals surface area (Å²) in [6.45, 7) is 6.15. The van der Waals surface area contributed by atoms with Gasteiger partial charge in [0.25, 0.3) is 5.91 Å². The lowest BCUT2D eigenvalue weighted by Crippen LogP contribution is -2.42. The zero-order chi connectivity index (χ0) is 19.3. The van der Waals surface area contributed by atoms with Crippen LogP contribution in [0, 0.1) is 5.92 Å². The Morgan fingerprint density at radius 3 is 2.50 bits per heavy atom. The van der Waals surface area contributed by atoms with Crippen LogP contribution < -0.4 is 15.2 Å². The number of primary amides is 1. The number of carbonyl (C=O) groups is 2. The maximum Gasteiger partial charge on any atom is 0.255 e. The monoisotopic (exact) mass is 360 g/mol. The molecule has 1 saturated carbocycles. The van der Waals surface area contributed by atoms with Crippen molar-refractivity contribution >= 4 is 17.9 Å². The van der Waals surface area contributed by atoms with E-state index in [1.54, 1.807) is 30.4 Å². The molecular weight excluding hydrogens is 332 g/mol. The third-order valence-electron chi connectivity index (χ3n) is 4.57. The van der Waals surface area contributed by atoms with E-state index in [4.69, 9.17) is 15.2 Å². The molecule has 2 rings (SSSR count). The van der Waals surface area contributed by atoms with Crippen molar-refractivity contribution in [1.29, 1.82) is 0 Å². The van der Waals surface area contributed by atoms with Gasteiger partial charge >= 0.3 is 0 Å². The van der Waals surface area contributed by atoms with Gasteiger partial charge in [-0.1, -0.05) is 19.9 Å². The quantitative estimate of drug-likeness (QED) is 0.686. The average molecular weight is 360 g/mol. The number of hydrogen-bond acceptors (Lipinski definition) is 4. The molecule has 0 unspecified atom stereocenters. The Labute approximate surface area is 154 Å². The predicted molar refractivity (Wildman–Crippen MR) is 101 cm³/mol. The minimum absolute atomic E-state index is 0.0294. The lowest BCUT2D eigenvalue weighted by Gasteiger charge is -2.31. The first-order valence-electron chi connectivity index (χ1n) is 8.93. The molecule has 0 saturated heterocycles. The molecule has 142 valence electrons. The summed E-state index contributed by atoms with van der Waals surface area (Å²) >= 11 is 0. The van der Waals surface area contributed by atoms with Gasteiger partial charge in [0.1, 0.15) is 0 Å². The summed E-state index contributed by atoms with van der Waals surface area (Å²) in [5.74, 6) is 0.802. The van der Waals surface area contributed by atoms with Gasteiger partial charge in [-0.25, -0.2) is 0 Å². The molecule has 1 fully saturated rings. The highest BCUT2D eigenvalue weighted by Crippen LogP contribution is 2.31. The van der Waals surface area contributed by atoms with Crippen molar-refractivity contribution in [2.45, 2.75) is 45.7 Å². The van der Waals surface area contributed by atoms with Crippen LogP contribution in [0.1, 0.15) is 39.2 Å². The second-order valence-corrected chi connectivity index (χ2v) is 6.96. The minimum atomic E-state index is -0.555. The summed E-state index contributed by atoms with van der Waals surface area (Å²) in [7, 11) is 1.52. The van der Waals surface area contributed by atoms with Crippen LogP contribution in [0.5, 0.6) is 11.5 Å². The van der Waals surface area contributed by atoms with Crippen LogP contribution in [0.15, 0.2) is 24.3 Å². The summed E-state index contributed by atoms with van der Waals surface area (Å²) in [5.41, 5.74) is 5.90. The van der Waals surface area contributed by atoms with E-state index in [-0.39, 0.29) is 18.6 Å². The fraction of sp³-hybridized carbons (Fsp3) is 0.500. The number of nitrogens with two attached hydrogens (primary N) is 1. The number of methoxy groups -OCH3 is 1. The Bertz CT molecular complexity index is 680. The molecular formula is C20H28N2O4. The van der Waals surface area contributed by atoms with Gasteiger partial charge in [0.2, 0.25) is 5.91 Å². The third kappa shape index (κ3) is 5.25. The maximum atomic E-state index is 12.7. The molecule has 6 heteroatoms. The normalized spacial score (nSPS) is 15.1. The topological polar surface area (TPSA) is 81.9 Å². The Hall–Kier alpha value is -2.50. The zero-order valence-electron chi connectivity index (χ0n) is 15.9. The van der Waals surface area contributed by atoms with Crippen LogP contribution in [0.25, 0.3) is 6.08 Å². The summed E-state index contributed by atoms with van der Waals surface area (Å²) in [6, 6.07) is 5.83. The molecule has 0 radical (unpaired) electrons. The Kier molecular flexibility index (Phi) is 6.66. The highest BCUT2D eigenvalue weighted by molar-refractivity contribution is 5.92. The predicted octanol–water partition coefficient (Wildman–Crippen LogP) is 2.61. The highest BCUT2D eigenvalue weighted by Gasteiger charge is 2.35. The van der Waals surface area contributed by atoms with Gasteiger partial charge in [0.15, 0.2) is 18.1 Å². The van der Waals surface area contributed by atoms with Crippen LogP contribution in [-0.2, 0) is 9.59 Å². The number of nitrogens with zero attached hydrogens (tertiary/aromatic N) is 1. The van der Waals surface area contributed by atoms with Gasteiger partial charge in [-0.15, -0.1) is 0 Å². The zero-order valence-corrected chi connectivity index (χ0v) is 15.9. The number of benzene rings is 1. The van der Waals surface area contributed by atoms with E-state index >= 15 is 0 Å². The number of rotatable bonds is 9. The highest BCUT2D eigenvalue weighted by atomic mass is 16.5. The van der Waals surface area contributed by atoms with E-state index < -0.39 is 5.91 Å². The lowest BCUT2D eigenvalue weighted by molar-refractivity contribution is -0.129. The van der Waals surface area contributed by atoms with E-state index in [9.17, 15) is 9.59 Å². The summed E-state index contributed by atoms with van der Waals surface area (Å²) in [5, 5.41) is 0. The molecule has 2 amide bonds. The minimum Gasteiger partial charge on any atom is -0.493 e. The first-order valence-corrected chi connectivity index (χ1v) is 8.93. The van der Waals surface area contributed by atoms with Crippen LogP contribution in [0.2, 0.25) is 0 Å². The van der Waals surface area contributed by atoms with Crippen molar-refractivity contribution in [1.82, 2.24) is 4.90 Å². The van der Waals surface area contributed by atoms with Crippen molar-refractivity contribution in [3.63, 3.8) is 0 Å². The molecule has 2 N–H and O–H groups in total. The van der Waals surface area contributed by atoms with E-state index in [0.717, 1.165) is 18.4 Å². The first kappa shape index (κ1) is 19.8. The molecule has 0 heterocycles. The summed E-state index contributed by atoms with van der Waals surface area (Å²) in [4.78, 5) is 25.5. The number of carbonyl (C=O) groups excluding carboxylic acids is 2. The van der Waals surface area contributed by atoms with Gasteiger partial charge in [-0.3, -0.25) is 9.59 Å².